The number of amides is 1. The first kappa shape index (κ1) is 16.6. The number of rotatable bonds is 5. The number of hydrogen-bond acceptors (Lipinski definition) is 4. The highest BCUT2D eigenvalue weighted by molar-refractivity contribution is 6.04. The lowest BCUT2D eigenvalue weighted by Gasteiger charge is -2.34. The van der Waals surface area contributed by atoms with Gasteiger partial charge in [-0.05, 0) is 43.0 Å². The van der Waals surface area contributed by atoms with Gasteiger partial charge in [0.2, 0.25) is 0 Å². The molecule has 0 spiro atoms. The first-order valence-corrected chi connectivity index (χ1v) is 8.56. The molecule has 1 fully saturated rings. The Labute approximate surface area is 142 Å². The third-order valence-corrected chi connectivity index (χ3v) is 4.60. The Kier molecular flexibility index (Phi) is 5.20. The highest BCUT2D eigenvalue weighted by atomic mass is 16.3. The number of nitrogens with zero attached hydrogens (tertiary/aromatic N) is 1. The van der Waals surface area contributed by atoms with Crippen LogP contribution in [-0.2, 0) is 6.42 Å². The van der Waals surface area contributed by atoms with Gasteiger partial charge in [-0.3, -0.25) is 4.79 Å². The van der Waals surface area contributed by atoms with Crippen molar-refractivity contribution in [1.29, 1.82) is 0 Å². The van der Waals surface area contributed by atoms with E-state index in [1.165, 1.54) is 0 Å². The van der Waals surface area contributed by atoms with Gasteiger partial charge < -0.3 is 19.7 Å². The van der Waals surface area contributed by atoms with Crippen LogP contribution in [0.3, 0.4) is 0 Å². The van der Waals surface area contributed by atoms with Gasteiger partial charge in [0, 0.05) is 26.1 Å². The molecule has 24 heavy (non-hydrogen) atoms. The summed E-state index contributed by atoms with van der Waals surface area (Å²) in [5.74, 6) is 1.30. The molecular formula is C19H24N2O3. The van der Waals surface area contributed by atoms with Gasteiger partial charge in [-0.1, -0.05) is 19.1 Å². The number of furan rings is 1. The zero-order valence-corrected chi connectivity index (χ0v) is 14.0. The summed E-state index contributed by atoms with van der Waals surface area (Å²) in [5, 5.41) is 12.2. The lowest BCUT2D eigenvalue weighted by atomic mass is 9.97. The maximum absolute atomic E-state index is 12.4. The Hall–Kier alpha value is -2.27. The standard InChI is InChI=1S/C19H24N2O3/c1-2-15-7-8-18(24-15)19(23)20-16-5-3-4-6-17(16)21-11-9-14(13-22)10-12-21/h3-8,14,22H,2,9-13H2,1H3,(H,20,23). The molecule has 1 aromatic carbocycles. The third kappa shape index (κ3) is 3.62. The van der Waals surface area contributed by atoms with E-state index in [4.69, 9.17) is 4.42 Å². The largest absolute Gasteiger partial charge is 0.456 e. The number of aliphatic hydroxyl groups excluding tert-OH is 1. The normalized spacial score (nSPS) is 15.5. The Bertz CT molecular complexity index is 687. The lowest BCUT2D eigenvalue weighted by molar-refractivity contribution is 0.0995. The fourth-order valence-corrected chi connectivity index (χ4v) is 3.09. The van der Waals surface area contributed by atoms with E-state index in [1.807, 2.05) is 37.3 Å². The van der Waals surface area contributed by atoms with Crippen molar-refractivity contribution < 1.29 is 14.3 Å². The third-order valence-electron chi connectivity index (χ3n) is 4.60. The van der Waals surface area contributed by atoms with Crippen LogP contribution in [0.15, 0.2) is 40.8 Å². The van der Waals surface area contributed by atoms with Crippen molar-refractivity contribution in [2.45, 2.75) is 26.2 Å². The van der Waals surface area contributed by atoms with E-state index >= 15 is 0 Å². The molecule has 128 valence electrons. The van der Waals surface area contributed by atoms with Crippen molar-refractivity contribution in [3.8, 4) is 0 Å². The predicted molar refractivity (Wildman–Crippen MR) is 94.5 cm³/mol. The van der Waals surface area contributed by atoms with Crippen molar-refractivity contribution in [3.63, 3.8) is 0 Å². The van der Waals surface area contributed by atoms with E-state index in [2.05, 4.69) is 10.2 Å². The van der Waals surface area contributed by atoms with Gasteiger partial charge in [-0.25, -0.2) is 0 Å². The molecule has 5 nitrogen and oxygen atoms in total. The quantitative estimate of drug-likeness (QED) is 0.884. The number of carbonyl (C=O) groups excluding carboxylic acids is 1. The van der Waals surface area contributed by atoms with Crippen molar-refractivity contribution in [3.05, 3.63) is 47.9 Å². The van der Waals surface area contributed by atoms with Gasteiger partial charge >= 0.3 is 0 Å². The molecule has 1 aliphatic rings. The Morgan fingerprint density at radius 2 is 2.00 bits per heavy atom. The smallest absolute Gasteiger partial charge is 0.291 e. The molecule has 0 saturated carbocycles. The molecule has 0 bridgehead atoms. The highest BCUT2D eigenvalue weighted by Gasteiger charge is 2.21. The molecule has 0 atom stereocenters. The summed E-state index contributed by atoms with van der Waals surface area (Å²) >= 11 is 0. The van der Waals surface area contributed by atoms with Crippen LogP contribution in [0.5, 0.6) is 0 Å². The SMILES string of the molecule is CCc1ccc(C(=O)Nc2ccccc2N2CCC(CO)CC2)o1. The van der Waals surface area contributed by atoms with Crippen LogP contribution in [0.4, 0.5) is 11.4 Å². The molecular weight excluding hydrogens is 304 g/mol. The second-order valence-electron chi connectivity index (χ2n) is 6.20. The summed E-state index contributed by atoms with van der Waals surface area (Å²) in [6.07, 6.45) is 2.71. The van der Waals surface area contributed by atoms with Gasteiger partial charge in [0.25, 0.3) is 5.91 Å². The van der Waals surface area contributed by atoms with Gasteiger partial charge in [0.15, 0.2) is 5.76 Å². The van der Waals surface area contributed by atoms with Crippen LogP contribution >= 0.6 is 0 Å². The van der Waals surface area contributed by atoms with Crippen molar-refractivity contribution in [2.24, 2.45) is 5.92 Å². The summed E-state index contributed by atoms with van der Waals surface area (Å²) in [4.78, 5) is 14.7. The molecule has 2 N–H and O–H groups in total. The van der Waals surface area contributed by atoms with E-state index in [0.29, 0.717) is 11.7 Å². The van der Waals surface area contributed by atoms with Crippen LogP contribution in [0, 0.1) is 5.92 Å². The average Bonchev–Trinajstić information content (AvgIpc) is 3.12. The summed E-state index contributed by atoms with van der Waals surface area (Å²) < 4.78 is 5.53. The minimum Gasteiger partial charge on any atom is -0.456 e. The summed E-state index contributed by atoms with van der Waals surface area (Å²) in [6.45, 7) is 4.02. The minimum absolute atomic E-state index is 0.229. The summed E-state index contributed by atoms with van der Waals surface area (Å²) in [5.41, 5.74) is 1.81. The van der Waals surface area contributed by atoms with E-state index < -0.39 is 0 Å². The van der Waals surface area contributed by atoms with Crippen LogP contribution < -0.4 is 10.2 Å². The first-order chi connectivity index (χ1) is 11.7. The van der Waals surface area contributed by atoms with Crippen LogP contribution in [0.2, 0.25) is 0 Å². The zero-order chi connectivity index (χ0) is 16.9. The number of aliphatic hydroxyl groups is 1. The first-order valence-electron chi connectivity index (χ1n) is 8.56. The fraction of sp³-hybridized carbons (Fsp3) is 0.421. The number of carbonyl (C=O) groups is 1. The fourth-order valence-electron chi connectivity index (χ4n) is 3.09. The van der Waals surface area contributed by atoms with Crippen molar-refractivity contribution in [1.82, 2.24) is 0 Å². The number of para-hydroxylation sites is 2. The predicted octanol–water partition coefficient (Wildman–Crippen LogP) is 3.30. The molecule has 2 heterocycles. The van der Waals surface area contributed by atoms with Gasteiger partial charge in [-0.15, -0.1) is 0 Å². The molecule has 1 amide bonds. The highest BCUT2D eigenvalue weighted by Crippen LogP contribution is 2.30. The monoisotopic (exact) mass is 328 g/mol. The van der Waals surface area contributed by atoms with Crippen LogP contribution in [-0.4, -0.2) is 30.7 Å². The second kappa shape index (κ2) is 7.53. The van der Waals surface area contributed by atoms with E-state index in [9.17, 15) is 9.90 Å². The van der Waals surface area contributed by atoms with E-state index in [1.54, 1.807) is 6.07 Å². The van der Waals surface area contributed by atoms with Gasteiger partial charge in [0.05, 0.1) is 11.4 Å². The van der Waals surface area contributed by atoms with E-state index in [0.717, 1.165) is 49.5 Å². The van der Waals surface area contributed by atoms with Crippen LogP contribution in [0.25, 0.3) is 0 Å². The minimum atomic E-state index is -0.229. The van der Waals surface area contributed by atoms with Crippen molar-refractivity contribution in [2.75, 3.05) is 29.9 Å². The molecule has 0 unspecified atom stereocenters. The molecule has 2 aromatic rings. The maximum atomic E-state index is 12.4. The Balaban J connectivity index is 1.73. The molecule has 0 radical (unpaired) electrons. The van der Waals surface area contributed by atoms with Crippen LogP contribution in [0.1, 0.15) is 36.1 Å². The molecule has 5 heteroatoms. The molecule has 1 aliphatic heterocycles. The number of piperidine rings is 1. The number of aryl methyl sites for hydroxylation is 1. The summed E-state index contributed by atoms with van der Waals surface area (Å²) in [7, 11) is 0. The second-order valence-corrected chi connectivity index (χ2v) is 6.20. The molecule has 1 aromatic heterocycles. The van der Waals surface area contributed by atoms with Gasteiger partial charge in [0.1, 0.15) is 5.76 Å². The average molecular weight is 328 g/mol. The molecule has 1 saturated heterocycles. The number of benzene rings is 1. The number of anilines is 2. The molecule has 3 rings (SSSR count). The maximum Gasteiger partial charge on any atom is 0.291 e. The van der Waals surface area contributed by atoms with E-state index in [-0.39, 0.29) is 12.5 Å². The zero-order valence-electron chi connectivity index (χ0n) is 14.0. The number of nitrogens with one attached hydrogen (secondary N) is 1. The Morgan fingerprint density at radius 1 is 1.25 bits per heavy atom. The molecule has 0 aliphatic carbocycles. The topological polar surface area (TPSA) is 65.7 Å². The lowest BCUT2D eigenvalue weighted by Crippen LogP contribution is -2.35. The van der Waals surface area contributed by atoms with Gasteiger partial charge in [-0.2, -0.15) is 0 Å². The number of hydrogen-bond donors (Lipinski definition) is 2. The Morgan fingerprint density at radius 3 is 2.67 bits per heavy atom. The summed E-state index contributed by atoms with van der Waals surface area (Å²) in [6, 6.07) is 11.4. The van der Waals surface area contributed by atoms with Crippen molar-refractivity contribution >= 4 is 17.3 Å².